The summed E-state index contributed by atoms with van der Waals surface area (Å²) >= 11 is 3.52. The van der Waals surface area contributed by atoms with Crippen LogP contribution in [0.4, 0.5) is 13.6 Å². The monoisotopic (exact) mass is 566 g/mol. The van der Waals surface area contributed by atoms with Gasteiger partial charge in [-0.1, -0.05) is 46.3 Å². The number of ether oxygens (including phenoxy) is 2. The number of carbonyl (C=O) groups excluding carboxylic acids is 1. The highest BCUT2D eigenvalue weighted by Crippen LogP contribution is 2.52. The van der Waals surface area contributed by atoms with Crippen LogP contribution in [0.1, 0.15) is 36.0 Å². The number of carbonyl (C=O) groups is 1. The zero-order valence-corrected chi connectivity index (χ0v) is 22.0. The molecule has 1 aliphatic rings. The Morgan fingerprint density at radius 1 is 1.11 bits per heavy atom. The highest BCUT2D eigenvalue weighted by molar-refractivity contribution is 9.10. The van der Waals surface area contributed by atoms with E-state index in [2.05, 4.69) is 15.9 Å². The van der Waals surface area contributed by atoms with Crippen molar-refractivity contribution in [1.82, 2.24) is 9.88 Å². The van der Waals surface area contributed by atoms with Gasteiger partial charge in [-0.05, 0) is 48.9 Å². The van der Waals surface area contributed by atoms with Crippen molar-refractivity contribution in [2.75, 3.05) is 20.2 Å². The highest BCUT2D eigenvalue weighted by Gasteiger charge is 2.51. The molecule has 1 aliphatic heterocycles. The maximum Gasteiger partial charge on any atom is 0.410 e. The molecule has 8 heteroatoms. The minimum Gasteiger partial charge on any atom is -0.481 e. The van der Waals surface area contributed by atoms with Crippen molar-refractivity contribution >= 4 is 32.9 Å². The van der Waals surface area contributed by atoms with Crippen LogP contribution in [0, 0.1) is 11.6 Å². The van der Waals surface area contributed by atoms with E-state index >= 15 is 4.39 Å². The quantitative estimate of drug-likeness (QED) is 0.248. The van der Waals surface area contributed by atoms with Gasteiger partial charge in [0.2, 0.25) is 5.88 Å². The summed E-state index contributed by atoms with van der Waals surface area (Å²) in [6, 6.07) is 20.4. The van der Waals surface area contributed by atoms with Crippen LogP contribution in [0.3, 0.4) is 0 Å². The number of hydrogen-bond donors (Lipinski definition) is 0. The number of methoxy groups -OCH3 is 1. The first kappa shape index (κ1) is 25.1. The van der Waals surface area contributed by atoms with E-state index in [1.54, 1.807) is 4.90 Å². The van der Waals surface area contributed by atoms with Crippen LogP contribution in [-0.2, 0) is 10.3 Å². The summed E-state index contributed by atoms with van der Waals surface area (Å²) in [6.07, 6.45) is -0.289. The number of aromatic nitrogens is 1. The first-order chi connectivity index (χ1) is 17.9. The Hall–Kier alpha value is -3.52. The molecule has 1 aromatic heterocycles. The van der Waals surface area contributed by atoms with Crippen molar-refractivity contribution in [3.8, 4) is 5.88 Å². The maximum absolute atomic E-state index is 15.6. The third-order valence-corrected chi connectivity index (χ3v) is 7.42. The third-order valence-electron chi connectivity index (χ3n) is 6.92. The summed E-state index contributed by atoms with van der Waals surface area (Å²) in [7, 11) is 1.52. The molecule has 0 bridgehead atoms. The van der Waals surface area contributed by atoms with Crippen molar-refractivity contribution in [2.24, 2.45) is 0 Å². The fourth-order valence-corrected chi connectivity index (χ4v) is 5.57. The number of cyclic esters (lactones) is 1. The molecule has 190 valence electrons. The molecular weight excluding hydrogens is 542 g/mol. The van der Waals surface area contributed by atoms with E-state index in [0.29, 0.717) is 24.5 Å². The van der Waals surface area contributed by atoms with Crippen molar-refractivity contribution in [3.05, 3.63) is 106 Å². The molecule has 3 aromatic carbocycles. The fraction of sp³-hybridized carbons (Fsp3) is 0.241. The minimum atomic E-state index is -1.49. The van der Waals surface area contributed by atoms with Crippen molar-refractivity contribution in [1.29, 1.82) is 0 Å². The van der Waals surface area contributed by atoms with Gasteiger partial charge in [0.15, 0.2) is 5.60 Å². The molecule has 2 heterocycles. The summed E-state index contributed by atoms with van der Waals surface area (Å²) in [5.74, 6) is -1.86. The number of rotatable bonds is 6. The molecule has 5 rings (SSSR count). The standard InChI is InChI=1S/C29H25BrF2N2O3/c1-3-34-14-13-29(37-28(34)35,23-11-10-21(31)17-24(23)32)26(18-7-5-4-6-8-18)22-16-19-15-20(30)9-12-25(19)33-27(22)36-2/h4-12,15-17,26H,3,13-14H2,1-2H3/t26?,29-/m0/s1. The smallest absolute Gasteiger partial charge is 0.410 e. The van der Waals surface area contributed by atoms with Gasteiger partial charge in [0.05, 0.1) is 18.5 Å². The topological polar surface area (TPSA) is 51.7 Å². The van der Waals surface area contributed by atoms with Crippen LogP contribution in [0.5, 0.6) is 5.88 Å². The molecule has 1 amide bonds. The molecule has 0 spiro atoms. The first-order valence-corrected chi connectivity index (χ1v) is 12.8. The highest BCUT2D eigenvalue weighted by atomic mass is 79.9. The number of nitrogens with zero attached hydrogens (tertiary/aromatic N) is 2. The lowest BCUT2D eigenvalue weighted by atomic mass is 9.70. The van der Waals surface area contributed by atoms with Gasteiger partial charge in [0.1, 0.15) is 11.6 Å². The van der Waals surface area contributed by atoms with Gasteiger partial charge in [-0.3, -0.25) is 0 Å². The van der Waals surface area contributed by atoms with E-state index in [1.807, 2.05) is 61.5 Å². The molecule has 0 radical (unpaired) electrons. The Balaban J connectivity index is 1.84. The summed E-state index contributed by atoms with van der Waals surface area (Å²) in [5.41, 5.74) is 0.731. The Kier molecular flexibility index (Phi) is 6.86. The van der Waals surface area contributed by atoms with Crippen LogP contribution in [-0.4, -0.2) is 36.2 Å². The average molecular weight is 567 g/mol. The predicted octanol–water partition coefficient (Wildman–Crippen LogP) is 7.17. The summed E-state index contributed by atoms with van der Waals surface area (Å²) in [4.78, 5) is 19.5. The Bertz CT molecular complexity index is 1470. The predicted molar refractivity (Wildman–Crippen MR) is 141 cm³/mol. The van der Waals surface area contributed by atoms with E-state index in [0.717, 1.165) is 27.0 Å². The van der Waals surface area contributed by atoms with Gasteiger partial charge >= 0.3 is 6.09 Å². The van der Waals surface area contributed by atoms with Crippen molar-refractivity contribution in [3.63, 3.8) is 0 Å². The van der Waals surface area contributed by atoms with Crippen LogP contribution in [0.2, 0.25) is 0 Å². The summed E-state index contributed by atoms with van der Waals surface area (Å²) < 4.78 is 42.4. The van der Waals surface area contributed by atoms with E-state index in [4.69, 9.17) is 14.5 Å². The second-order valence-corrected chi connectivity index (χ2v) is 9.89. The van der Waals surface area contributed by atoms with Crippen LogP contribution >= 0.6 is 15.9 Å². The molecule has 1 saturated heterocycles. The molecule has 4 aromatic rings. The zero-order chi connectivity index (χ0) is 26.2. The first-order valence-electron chi connectivity index (χ1n) is 12.0. The molecule has 0 aliphatic carbocycles. The average Bonchev–Trinajstić information content (AvgIpc) is 2.89. The normalized spacial score (nSPS) is 18.5. The number of benzene rings is 3. The Morgan fingerprint density at radius 2 is 1.89 bits per heavy atom. The lowest BCUT2D eigenvalue weighted by Crippen LogP contribution is -2.51. The Labute approximate surface area is 222 Å². The fourth-order valence-electron chi connectivity index (χ4n) is 5.19. The summed E-state index contributed by atoms with van der Waals surface area (Å²) in [5, 5.41) is 0.832. The van der Waals surface area contributed by atoms with E-state index in [-0.39, 0.29) is 12.0 Å². The van der Waals surface area contributed by atoms with E-state index in [1.165, 1.54) is 19.2 Å². The molecule has 0 N–H and O–H groups in total. The number of fused-ring (bicyclic) bond motifs is 1. The van der Waals surface area contributed by atoms with Crippen molar-refractivity contribution < 1.29 is 23.0 Å². The van der Waals surface area contributed by atoms with Gasteiger partial charge in [-0.15, -0.1) is 0 Å². The lowest BCUT2D eigenvalue weighted by molar-refractivity contribution is -0.0644. The van der Waals surface area contributed by atoms with Gasteiger partial charge in [0.25, 0.3) is 0 Å². The molecule has 1 unspecified atom stereocenters. The summed E-state index contributed by atoms with van der Waals surface area (Å²) in [6.45, 7) is 2.64. The van der Waals surface area contributed by atoms with Crippen molar-refractivity contribution in [2.45, 2.75) is 24.9 Å². The second-order valence-electron chi connectivity index (χ2n) is 8.98. The van der Waals surface area contributed by atoms with Gasteiger partial charge < -0.3 is 14.4 Å². The van der Waals surface area contributed by atoms with Gasteiger partial charge in [-0.2, -0.15) is 0 Å². The number of pyridine rings is 1. The molecule has 1 fully saturated rings. The maximum atomic E-state index is 15.6. The molecule has 5 nitrogen and oxygen atoms in total. The van der Waals surface area contributed by atoms with Gasteiger partial charge in [0, 0.05) is 46.6 Å². The van der Waals surface area contributed by atoms with Gasteiger partial charge in [-0.25, -0.2) is 18.6 Å². The van der Waals surface area contributed by atoms with E-state index < -0.39 is 29.2 Å². The molecular formula is C29H25BrF2N2O3. The zero-order valence-electron chi connectivity index (χ0n) is 20.4. The largest absolute Gasteiger partial charge is 0.481 e. The molecule has 2 atom stereocenters. The van der Waals surface area contributed by atoms with Crippen LogP contribution in [0.15, 0.2) is 77.3 Å². The molecule has 37 heavy (non-hydrogen) atoms. The van der Waals surface area contributed by atoms with E-state index in [9.17, 15) is 9.18 Å². The number of halogens is 3. The van der Waals surface area contributed by atoms with Crippen LogP contribution < -0.4 is 4.74 Å². The minimum absolute atomic E-state index is 0.100. The third kappa shape index (κ3) is 4.55. The second kappa shape index (κ2) is 10.1. The van der Waals surface area contributed by atoms with Crippen LogP contribution in [0.25, 0.3) is 10.9 Å². The number of amides is 1. The number of hydrogen-bond acceptors (Lipinski definition) is 4. The Morgan fingerprint density at radius 3 is 2.57 bits per heavy atom. The molecule has 0 saturated carbocycles. The SMILES string of the molecule is CCN1CC[C@](c2ccc(F)cc2F)(C(c2ccccc2)c2cc3cc(Br)ccc3nc2OC)OC1=O. The lowest BCUT2D eigenvalue weighted by Gasteiger charge is -2.46.